The van der Waals surface area contributed by atoms with Crippen LogP contribution in [0.15, 0.2) is 46.6 Å². The summed E-state index contributed by atoms with van der Waals surface area (Å²) >= 11 is 1.54. The van der Waals surface area contributed by atoms with Crippen LogP contribution in [0, 0.1) is 5.92 Å². The monoisotopic (exact) mass is 373 g/mol. The van der Waals surface area contributed by atoms with Crippen molar-refractivity contribution in [2.45, 2.75) is 33.3 Å². The molecule has 2 aliphatic rings. The van der Waals surface area contributed by atoms with Crippen molar-refractivity contribution >= 4 is 28.6 Å². The largest absolute Gasteiger partial charge is 0.469 e. The van der Waals surface area contributed by atoms with Crippen LogP contribution in [0.25, 0.3) is 4.91 Å². The molecule has 0 N–H and O–H groups in total. The third kappa shape index (κ3) is 3.51. The van der Waals surface area contributed by atoms with E-state index in [4.69, 9.17) is 9.47 Å². The maximum absolute atomic E-state index is 12.6. The third-order valence-electron chi connectivity index (χ3n) is 4.35. The summed E-state index contributed by atoms with van der Waals surface area (Å²) in [5.74, 6) is -0.515. The van der Waals surface area contributed by atoms with Crippen LogP contribution in [0.5, 0.6) is 0 Å². The molecule has 0 saturated heterocycles. The normalized spacial score (nSPS) is 19.3. The Morgan fingerprint density at radius 1 is 1.27 bits per heavy atom. The van der Waals surface area contributed by atoms with E-state index in [9.17, 15) is 9.59 Å². The van der Waals surface area contributed by atoms with Gasteiger partial charge in [-0.25, -0.2) is 4.79 Å². The average Bonchev–Trinajstić information content (AvgIpc) is 3.10. The van der Waals surface area contributed by atoms with Gasteiger partial charge in [0.2, 0.25) is 0 Å². The number of esters is 2. The molecular weight excluding hydrogens is 350 g/mol. The highest BCUT2D eigenvalue weighted by molar-refractivity contribution is 8.12. The van der Waals surface area contributed by atoms with Crippen molar-refractivity contribution in [2.24, 2.45) is 5.92 Å². The van der Waals surface area contributed by atoms with E-state index in [1.54, 1.807) is 0 Å². The summed E-state index contributed by atoms with van der Waals surface area (Å²) in [6.45, 7) is 6.37. The molecule has 6 heteroatoms. The number of carbonyl (C=O) groups excluding carboxylic acids is 2. The lowest BCUT2D eigenvalue weighted by atomic mass is 10.1. The lowest BCUT2D eigenvalue weighted by Gasteiger charge is -2.18. The van der Waals surface area contributed by atoms with Crippen LogP contribution in [0.1, 0.15) is 32.8 Å². The molecule has 0 aromatic heterocycles. The topological polar surface area (TPSA) is 55.8 Å². The standard InChI is InChI=1S/C20H23NO4S/c1-12(2)25-20(23)17-13(3)11-21-15(10-16(22)24-4)18(26-19(17)21)14-8-6-5-7-9-14/h5-9,12-13H,10-11H2,1-4H3. The van der Waals surface area contributed by atoms with E-state index in [0.717, 1.165) is 21.2 Å². The molecule has 26 heavy (non-hydrogen) atoms. The Hall–Kier alpha value is -2.21. The predicted molar refractivity (Wildman–Crippen MR) is 102 cm³/mol. The highest BCUT2D eigenvalue weighted by Crippen LogP contribution is 2.53. The molecule has 0 spiro atoms. The van der Waals surface area contributed by atoms with Crippen molar-refractivity contribution in [2.75, 3.05) is 13.7 Å². The highest BCUT2D eigenvalue weighted by Gasteiger charge is 2.42. The Morgan fingerprint density at radius 2 is 1.96 bits per heavy atom. The molecule has 3 rings (SSSR count). The average molecular weight is 373 g/mol. The predicted octanol–water partition coefficient (Wildman–Crippen LogP) is 3.78. The first-order valence-corrected chi connectivity index (χ1v) is 9.50. The SMILES string of the molecule is COC(=O)CC1=C(c2ccccc2)SC2=C(C(=O)OC(C)C)C(C)CN12. The maximum Gasteiger partial charge on any atom is 0.337 e. The number of fused-ring (bicyclic) bond motifs is 1. The molecule has 1 aromatic carbocycles. The zero-order valence-corrected chi connectivity index (χ0v) is 16.3. The number of methoxy groups -OCH3 is 1. The van der Waals surface area contributed by atoms with Crippen molar-refractivity contribution < 1.29 is 19.1 Å². The summed E-state index contributed by atoms with van der Waals surface area (Å²) < 4.78 is 10.3. The zero-order chi connectivity index (χ0) is 18.8. The van der Waals surface area contributed by atoms with Crippen molar-refractivity contribution in [3.8, 4) is 0 Å². The van der Waals surface area contributed by atoms with Crippen LogP contribution < -0.4 is 0 Å². The molecule has 0 bridgehead atoms. The minimum atomic E-state index is -0.291. The van der Waals surface area contributed by atoms with Gasteiger partial charge in [-0.05, 0) is 19.4 Å². The number of ether oxygens (including phenoxy) is 2. The highest BCUT2D eigenvalue weighted by atomic mass is 32.2. The quantitative estimate of drug-likeness (QED) is 0.732. The second-order valence-corrected chi connectivity index (χ2v) is 7.68. The molecule has 1 unspecified atom stereocenters. The Bertz CT molecular complexity index is 782. The number of thioether (sulfide) groups is 1. The summed E-state index contributed by atoms with van der Waals surface area (Å²) in [4.78, 5) is 27.7. The fraction of sp³-hybridized carbons (Fsp3) is 0.400. The van der Waals surface area contributed by atoms with Crippen LogP contribution in [0.2, 0.25) is 0 Å². The molecule has 1 aromatic rings. The van der Waals surface area contributed by atoms with Crippen LogP contribution in [0.3, 0.4) is 0 Å². The first-order chi connectivity index (χ1) is 12.4. The molecule has 0 amide bonds. The Labute approximate surface area is 158 Å². The fourth-order valence-corrected chi connectivity index (χ4v) is 4.63. The van der Waals surface area contributed by atoms with Gasteiger partial charge in [0.1, 0.15) is 0 Å². The van der Waals surface area contributed by atoms with Gasteiger partial charge in [0, 0.05) is 23.1 Å². The van der Waals surface area contributed by atoms with Crippen molar-refractivity contribution in [3.63, 3.8) is 0 Å². The van der Waals surface area contributed by atoms with Gasteiger partial charge >= 0.3 is 11.9 Å². The zero-order valence-electron chi connectivity index (χ0n) is 15.4. The molecule has 2 heterocycles. The molecule has 5 nitrogen and oxygen atoms in total. The van der Waals surface area contributed by atoms with E-state index in [-0.39, 0.29) is 30.4 Å². The van der Waals surface area contributed by atoms with Gasteiger partial charge in [0.15, 0.2) is 0 Å². The van der Waals surface area contributed by atoms with E-state index in [1.807, 2.05) is 51.1 Å². The number of carbonyl (C=O) groups is 2. The van der Waals surface area contributed by atoms with Gasteiger partial charge in [0.25, 0.3) is 0 Å². The molecule has 0 aliphatic carbocycles. The van der Waals surface area contributed by atoms with Crippen LogP contribution in [0.4, 0.5) is 0 Å². The van der Waals surface area contributed by atoms with Gasteiger partial charge in [-0.15, -0.1) is 0 Å². The molecule has 0 saturated carbocycles. The number of nitrogens with zero attached hydrogens (tertiary/aromatic N) is 1. The molecule has 1 atom stereocenters. The van der Waals surface area contributed by atoms with E-state index < -0.39 is 0 Å². The minimum absolute atomic E-state index is 0.0497. The summed E-state index contributed by atoms with van der Waals surface area (Å²) in [7, 11) is 1.39. The smallest absolute Gasteiger partial charge is 0.337 e. The molecule has 138 valence electrons. The second-order valence-electron chi connectivity index (χ2n) is 6.68. The number of rotatable bonds is 5. The van der Waals surface area contributed by atoms with Gasteiger partial charge in [-0.1, -0.05) is 49.0 Å². The Balaban J connectivity index is 2.02. The van der Waals surface area contributed by atoms with Crippen LogP contribution in [-0.2, 0) is 19.1 Å². The first-order valence-electron chi connectivity index (χ1n) is 8.68. The maximum atomic E-state index is 12.6. The van der Waals surface area contributed by atoms with Crippen molar-refractivity contribution in [1.29, 1.82) is 0 Å². The first kappa shape index (κ1) is 18.6. The fourth-order valence-electron chi connectivity index (χ4n) is 3.19. The lowest BCUT2D eigenvalue weighted by molar-refractivity contribution is -0.143. The summed E-state index contributed by atoms with van der Waals surface area (Å²) in [6.07, 6.45) is 0.00977. The molecule has 0 fully saturated rings. The Morgan fingerprint density at radius 3 is 2.58 bits per heavy atom. The lowest BCUT2D eigenvalue weighted by Crippen LogP contribution is -2.20. The van der Waals surface area contributed by atoms with E-state index in [2.05, 4.69) is 4.90 Å². The van der Waals surface area contributed by atoms with E-state index in [0.29, 0.717) is 12.1 Å². The minimum Gasteiger partial charge on any atom is -0.469 e. The van der Waals surface area contributed by atoms with Gasteiger partial charge in [-0.3, -0.25) is 4.79 Å². The summed E-state index contributed by atoms with van der Waals surface area (Å²) in [5, 5.41) is 0.876. The molecular formula is C20H23NO4S. The van der Waals surface area contributed by atoms with E-state index in [1.165, 1.54) is 18.9 Å². The third-order valence-corrected chi connectivity index (χ3v) is 5.66. The summed E-state index contributed by atoms with van der Waals surface area (Å²) in [6, 6.07) is 9.91. The Kier molecular flexibility index (Phi) is 5.41. The number of benzene rings is 1. The van der Waals surface area contributed by atoms with Crippen LogP contribution in [-0.4, -0.2) is 36.6 Å². The van der Waals surface area contributed by atoms with Crippen LogP contribution >= 0.6 is 11.8 Å². The van der Waals surface area contributed by atoms with Gasteiger partial charge < -0.3 is 14.4 Å². The van der Waals surface area contributed by atoms with Gasteiger partial charge in [0.05, 0.1) is 30.2 Å². The number of hydrogen-bond donors (Lipinski definition) is 0. The second kappa shape index (κ2) is 7.58. The molecule has 0 radical (unpaired) electrons. The van der Waals surface area contributed by atoms with E-state index >= 15 is 0 Å². The van der Waals surface area contributed by atoms with Crippen molar-refractivity contribution in [3.05, 3.63) is 52.2 Å². The molecule has 2 aliphatic heterocycles. The summed E-state index contributed by atoms with van der Waals surface area (Å²) in [5.41, 5.74) is 2.61. The van der Waals surface area contributed by atoms with Gasteiger partial charge in [-0.2, -0.15) is 0 Å². The van der Waals surface area contributed by atoms with Crippen molar-refractivity contribution in [1.82, 2.24) is 4.90 Å². The number of hydrogen-bond acceptors (Lipinski definition) is 6.